The van der Waals surface area contributed by atoms with Crippen molar-refractivity contribution in [3.8, 4) is 0 Å². The summed E-state index contributed by atoms with van der Waals surface area (Å²) in [5.74, 6) is 0. The van der Waals surface area contributed by atoms with Crippen LogP contribution in [-0.4, -0.2) is 5.71 Å². The van der Waals surface area contributed by atoms with Crippen molar-refractivity contribution < 1.29 is 0 Å². The molecule has 0 fully saturated rings. The molecule has 0 saturated carbocycles. The van der Waals surface area contributed by atoms with Crippen LogP contribution >= 0.6 is 0 Å². The number of aliphatic imine (C=N–C) groups is 1. The first kappa shape index (κ1) is 14.8. The van der Waals surface area contributed by atoms with Crippen LogP contribution in [0.4, 0.5) is 5.69 Å². The number of hydrogen-bond acceptors (Lipinski definition) is 1. The van der Waals surface area contributed by atoms with Crippen LogP contribution in [0.15, 0.2) is 53.0 Å². The molecule has 0 N–H and O–H groups in total. The number of para-hydroxylation sites is 1. The average Bonchev–Trinajstić information content (AvgIpc) is 2.74. The van der Waals surface area contributed by atoms with Crippen molar-refractivity contribution in [1.29, 1.82) is 0 Å². The maximum atomic E-state index is 4.90. The van der Waals surface area contributed by atoms with E-state index in [1.54, 1.807) is 0 Å². The van der Waals surface area contributed by atoms with Gasteiger partial charge in [-0.15, -0.1) is 0 Å². The highest BCUT2D eigenvalue weighted by atomic mass is 14.8. The number of nitrogens with zero attached hydrogens (tertiary/aromatic N) is 1. The van der Waals surface area contributed by atoms with Gasteiger partial charge in [-0.25, -0.2) is 0 Å². The summed E-state index contributed by atoms with van der Waals surface area (Å²) in [6.45, 7) is 11.0. The smallest absolute Gasteiger partial charge is 0.0674 e. The fourth-order valence-electron chi connectivity index (χ4n) is 3.36. The fraction of sp³-hybridized carbons (Fsp3) is 0.286. The second kappa shape index (κ2) is 5.24. The Morgan fingerprint density at radius 2 is 1.77 bits per heavy atom. The van der Waals surface area contributed by atoms with E-state index in [0.29, 0.717) is 0 Å². The van der Waals surface area contributed by atoms with E-state index in [2.05, 4.69) is 83.2 Å². The van der Waals surface area contributed by atoms with Crippen molar-refractivity contribution in [3.05, 3.63) is 70.3 Å². The Labute approximate surface area is 133 Å². The molecule has 1 heterocycles. The molecular weight excluding hydrogens is 266 g/mol. The number of hydrogen-bond donors (Lipinski definition) is 0. The Bertz CT molecular complexity index is 791. The Balaban J connectivity index is 2.03. The number of rotatable bonds is 2. The summed E-state index contributed by atoms with van der Waals surface area (Å²) in [5, 5.41) is 0. The topological polar surface area (TPSA) is 12.4 Å². The van der Waals surface area contributed by atoms with E-state index in [1.807, 2.05) is 0 Å². The molecule has 1 aliphatic rings. The zero-order chi connectivity index (χ0) is 15.9. The van der Waals surface area contributed by atoms with Gasteiger partial charge in [0.1, 0.15) is 0 Å². The molecule has 0 bridgehead atoms. The molecule has 0 atom stereocenters. The van der Waals surface area contributed by atoms with Crippen molar-refractivity contribution in [3.63, 3.8) is 0 Å². The Kier molecular flexibility index (Phi) is 3.52. The maximum absolute atomic E-state index is 4.90. The molecule has 0 aliphatic carbocycles. The summed E-state index contributed by atoms with van der Waals surface area (Å²) in [4.78, 5) is 4.90. The zero-order valence-corrected chi connectivity index (χ0v) is 14.1. The summed E-state index contributed by atoms with van der Waals surface area (Å²) in [7, 11) is 0. The number of allylic oxidation sites excluding steroid dienone is 1. The van der Waals surface area contributed by atoms with E-state index < -0.39 is 0 Å². The van der Waals surface area contributed by atoms with Gasteiger partial charge in [0, 0.05) is 5.41 Å². The minimum absolute atomic E-state index is 0.0320. The molecule has 1 heteroatoms. The average molecular weight is 289 g/mol. The number of fused-ring (bicyclic) bond motifs is 1. The summed E-state index contributed by atoms with van der Waals surface area (Å²) in [5.41, 5.74) is 8.70. The summed E-state index contributed by atoms with van der Waals surface area (Å²) >= 11 is 0. The minimum Gasteiger partial charge on any atom is -0.252 e. The predicted molar refractivity (Wildman–Crippen MR) is 96.1 cm³/mol. The van der Waals surface area contributed by atoms with E-state index in [-0.39, 0.29) is 5.41 Å². The van der Waals surface area contributed by atoms with Crippen LogP contribution in [0.2, 0.25) is 0 Å². The lowest BCUT2D eigenvalue weighted by molar-refractivity contribution is 0.736. The monoisotopic (exact) mass is 289 g/mol. The molecule has 0 aromatic heterocycles. The number of benzene rings is 2. The third-order valence-electron chi connectivity index (χ3n) is 4.57. The Morgan fingerprint density at radius 3 is 2.45 bits per heavy atom. The lowest BCUT2D eigenvalue weighted by Crippen LogP contribution is -2.26. The van der Waals surface area contributed by atoms with E-state index in [9.17, 15) is 0 Å². The van der Waals surface area contributed by atoms with Crippen LogP contribution in [-0.2, 0) is 5.41 Å². The minimum atomic E-state index is -0.0320. The van der Waals surface area contributed by atoms with Gasteiger partial charge in [-0.05, 0) is 55.2 Å². The van der Waals surface area contributed by atoms with E-state index in [0.717, 1.165) is 5.69 Å². The highest BCUT2D eigenvalue weighted by Gasteiger charge is 2.35. The van der Waals surface area contributed by atoms with Crippen molar-refractivity contribution >= 4 is 17.5 Å². The second-order valence-electron chi connectivity index (χ2n) is 6.79. The molecule has 0 saturated heterocycles. The molecular formula is C21H23N. The molecule has 0 radical (unpaired) electrons. The second-order valence-corrected chi connectivity index (χ2v) is 6.79. The first-order chi connectivity index (χ1) is 10.4. The molecule has 0 spiro atoms. The first-order valence-electron chi connectivity index (χ1n) is 7.84. The summed E-state index contributed by atoms with van der Waals surface area (Å²) < 4.78 is 0. The van der Waals surface area contributed by atoms with E-state index in [4.69, 9.17) is 4.99 Å². The lowest BCUT2D eigenvalue weighted by Gasteiger charge is -2.23. The van der Waals surface area contributed by atoms with Gasteiger partial charge in [0.2, 0.25) is 0 Å². The van der Waals surface area contributed by atoms with Gasteiger partial charge in [0.15, 0.2) is 0 Å². The van der Waals surface area contributed by atoms with Crippen LogP contribution in [0.25, 0.3) is 6.08 Å². The van der Waals surface area contributed by atoms with Crippen LogP contribution in [0.1, 0.15) is 43.0 Å². The third-order valence-corrected chi connectivity index (χ3v) is 4.57. The van der Waals surface area contributed by atoms with Gasteiger partial charge in [0.25, 0.3) is 0 Å². The summed E-state index contributed by atoms with van der Waals surface area (Å²) in [6.07, 6.45) is 2.27. The number of aryl methyl sites for hydroxylation is 2. The SMILES string of the molecule is CC(=Cc1ccc(C)cc1C)C1=Nc2ccccc2C1(C)C. The quantitative estimate of drug-likeness (QED) is 0.665. The fourth-order valence-corrected chi connectivity index (χ4v) is 3.36. The largest absolute Gasteiger partial charge is 0.252 e. The van der Waals surface area contributed by atoms with Crippen LogP contribution in [0.5, 0.6) is 0 Å². The molecule has 22 heavy (non-hydrogen) atoms. The maximum Gasteiger partial charge on any atom is 0.0674 e. The van der Waals surface area contributed by atoms with Crippen molar-refractivity contribution in [1.82, 2.24) is 0 Å². The zero-order valence-electron chi connectivity index (χ0n) is 14.1. The molecule has 112 valence electrons. The Morgan fingerprint density at radius 1 is 1.05 bits per heavy atom. The van der Waals surface area contributed by atoms with E-state index in [1.165, 1.54) is 33.5 Å². The van der Waals surface area contributed by atoms with Crippen molar-refractivity contribution in [2.75, 3.05) is 0 Å². The molecule has 2 aromatic rings. The summed E-state index contributed by atoms with van der Waals surface area (Å²) in [6, 6.07) is 15.1. The predicted octanol–water partition coefficient (Wildman–Crippen LogP) is 5.77. The normalized spacial score (nSPS) is 16.4. The molecule has 0 unspecified atom stereocenters. The van der Waals surface area contributed by atoms with Gasteiger partial charge in [0.05, 0.1) is 11.4 Å². The lowest BCUT2D eigenvalue weighted by atomic mass is 9.79. The van der Waals surface area contributed by atoms with Crippen LogP contribution < -0.4 is 0 Å². The standard InChI is InChI=1S/C21H23N/c1-14-10-11-17(15(2)12-14)13-16(3)20-21(4,5)18-8-6-7-9-19(18)22-20/h6-13H,1-5H3. The van der Waals surface area contributed by atoms with E-state index >= 15 is 0 Å². The highest BCUT2D eigenvalue weighted by Crippen LogP contribution is 2.41. The van der Waals surface area contributed by atoms with Gasteiger partial charge < -0.3 is 0 Å². The molecule has 3 rings (SSSR count). The van der Waals surface area contributed by atoms with Gasteiger partial charge in [-0.2, -0.15) is 0 Å². The Hall–Kier alpha value is -2.15. The van der Waals surface area contributed by atoms with Crippen molar-refractivity contribution in [2.45, 2.75) is 40.0 Å². The van der Waals surface area contributed by atoms with Gasteiger partial charge in [-0.3, -0.25) is 4.99 Å². The molecule has 1 nitrogen and oxygen atoms in total. The molecule has 0 amide bonds. The third kappa shape index (κ3) is 2.41. The highest BCUT2D eigenvalue weighted by molar-refractivity contribution is 6.13. The van der Waals surface area contributed by atoms with Crippen LogP contribution in [0.3, 0.4) is 0 Å². The first-order valence-corrected chi connectivity index (χ1v) is 7.84. The van der Waals surface area contributed by atoms with Crippen LogP contribution in [0, 0.1) is 13.8 Å². The molecule has 1 aliphatic heterocycles. The van der Waals surface area contributed by atoms with Crippen molar-refractivity contribution in [2.24, 2.45) is 4.99 Å². The van der Waals surface area contributed by atoms with Gasteiger partial charge in [-0.1, -0.05) is 55.8 Å². The van der Waals surface area contributed by atoms with Gasteiger partial charge >= 0.3 is 0 Å². The molecule has 2 aromatic carbocycles.